The van der Waals surface area contributed by atoms with Crippen LogP contribution in [0, 0.1) is 0 Å². The number of carbonyl (C=O) groups is 3. The summed E-state index contributed by atoms with van der Waals surface area (Å²) in [7, 11) is 0. The number of hydrogen-bond donors (Lipinski definition) is 1. The fraction of sp³-hybridized carbons (Fsp3) is 0.400. The summed E-state index contributed by atoms with van der Waals surface area (Å²) in [5, 5.41) is 8.78. The van der Waals surface area contributed by atoms with Crippen molar-refractivity contribution in [2.24, 2.45) is 0 Å². The fourth-order valence-corrected chi connectivity index (χ4v) is 2.16. The lowest BCUT2D eigenvalue weighted by molar-refractivity contribution is -0.144. The summed E-state index contributed by atoms with van der Waals surface area (Å²) in [6, 6.07) is 5.99. The van der Waals surface area contributed by atoms with Gasteiger partial charge in [-0.05, 0) is 37.1 Å². The predicted octanol–water partition coefficient (Wildman–Crippen LogP) is 1.69. The van der Waals surface area contributed by atoms with Crippen LogP contribution in [-0.2, 0) is 9.59 Å². The second kappa shape index (κ2) is 6.88. The van der Waals surface area contributed by atoms with E-state index in [0.29, 0.717) is 18.6 Å². The van der Waals surface area contributed by atoms with E-state index in [2.05, 4.69) is 0 Å². The van der Waals surface area contributed by atoms with Gasteiger partial charge in [0.1, 0.15) is 12.4 Å². The average molecular weight is 291 g/mol. The van der Waals surface area contributed by atoms with Crippen molar-refractivity contribution in [1.29, 1.82) is 0 Å². The number of aromatic carboxylic acids is 1. The molecule has 1 fully saturated rings. The second-order valence-corrected chi connectivity index (χ2v) is 4.82. The van der Waals surface area contributed by atoms with E-state index < -0.39 is 5.97 Å². The van der Waals surface area contributed by atoms with Crippen molar-refractivity contribution in [3.63, 3.8) is 0 Å². The summed E-state index contributed by atoms with van der Waals surface area (Å²) < 4.78 is 5.44. The number of imide groups is 1. The van der Waals surface area contributed by atoms with Crippen molar-refractivity contribution in [1.82, 2.24) is 4.90 Å². The molecular weight excluding hydrogens is 274 g/mol. The van der Waals surface area contributed by atoms with Gasteiger partial charge in [-0.2, -0.15) is 0 Å². The predicted molar refractivity (Wildman–Crippen MR) is 74.1 cm³/mol. The largest absolute Gasteiger partial charge is 0.492 e. The molecule has 21 heavy (non-hydrogen) atoms. The molecule has 0 bridgehead atoms. The zero-order valence-corrected chi connectivity index (χ0v) is 11.6. The molecule has 2 rings (SSSR count). The van der Waals surface area contributed by atoms with Crippen molar-refractivity contribution in [2.75, 3.05) is 13.2 Å². The first kappa shape index (κ1) is 15.0. The number of amides is 2. The smallest absolute Gasteiger partial charge is 0.335 e. The van der Waals surface area contributed by atoms with Crippen LogP contribution in [0.15, 0.2) is 24.3 Å². The van der Waals surface area contributed by atoms with Crippen molar-refractivity contribution < 1.29 is 24.2 Å². The summed E-state index contributed by atoms with van der Waals surface area (Å²) in [5.41, 5.74) is 0.181. The van der Waals surface area contributed by atoms with E-state index in [1.165, 1.54) is 17.0 Å². The van der Waals surface area contributed by atoms with Gasteiger partial charge in [0, 0.05) is 12.8 Å². The SMILES string of the molecule is O=C(O)c1ccc(OCCN2C(=O)CCCCC2=O)cc1. The maximum absolute atomic E-state index is 11.8. The average Bonchev–Trinajstić information content (AvgIpc) is 2.62. The summed E-state index contributed by atoms with van der Waals surface area (Å²) >= 11 is 0. The molecule has 0 radical (unpaired) electrons. The molecule has 0 saturated carbocycles. The summed E-state index contributed by atoms with van der Waals surface area (Å²) in [6.45, 7) is 0.419. The van der Waals surface area contributed by atoms with Gasteiger partial charge in [-0.1, -0.05) is 0 Å². The van der Waals surface area contributed by atoms with E-state index in [4.69, 9.17) is 9.84 Å². The van der Waals surface area contributed by atoms with Crippen molar-refractivity contribution in [3.05, 3.63) is 29.8 Å². The lowest BCUT2D eigenvalue weighted by Crippen LogP contribution is -2.38. The van der Waals surface area contributed by atoms with E-state index in [9.17, 15) is 14.4 Å². The van der Waals surface area contributed by atoms with Gasteiger partial charge < -0.3 is 9.84 Å². The molecule has 1 aromatic rings. The van der Waals surface area contributed by atoms with E-state index >= 15 is 0 Å². The molecule has 1 saturated heterocycles. The van der Waals surface area contributed by atoms with Gasteiger partial charge in [0.25, 0.3) is 0 Å². The molecule has 6 heteroatoms. The van der Waals surface area contributed by atoms with Crippen LogP contribution in [0.25, 0.3) is 0 Å². The van der Waals surface area contributed by atoms with Crippen LogP contribution >= 0.6 is 0 Å². The molecule has 0 unspecified atom stereocenters. The zero-order chi connectivity index (χ0) is 15.2. The van der Waals surface area contributed by atoms with Gasteiger partial charge in [-0.15, -0.1) is 0 Å². The highest BCUT2D eigenvalue weighted by Gasteiger charge is 2.23. The molecule has 0 aliphatic carbocycles. The zero-order valence-electron chi connectivity index (χ0n) is 11.6. The third kappa shape index (κ3) is 4.05. The van der Waals surface area contributed by atoms with Crippen LogP contribution in [0.2, 0.25) is 0 Å². The van der Waals surface area contributed by atoms with E-state index in [-0.39, 0.29) is 30.5 Å². The first-order valence-corrected chi connectivity index (χ1v) is 6.87. The third-order valence-corrected chi connectivity index (χ3v) is 3.32. The van der Waals surface area contributed by atoms with Crippen LogP contribution in [0.5, 0.6) is 5.75 Å². The molecule has 0 spiro atoms. The number of carboxylic acid groups (broad SMARTS) is 1. The van der Waals surface area contributed by atoms with Crippen LogP contribution in [0.1, 0.15) is 36.0 Å². The fourth-order valence-electron chi connectivity index (χ4n) is 2.16. The first-order valence-electron chi connectivity index (χ1n) is 6.87. The van der Waals surface area contributed by atoms with Crippen LogP contribution in [-0.4, -0.2) is 40.9 Å². The Hall–Kier alpha value is -2.37. The normalized spacial score (nSPS) is 15.7. The maximum Gasteiger partial charge on any atom is 0.335 e. The summed E-state index contributed by atoms with van der Waals surface area (Å²) in [5.74, 6) is -0.790. The van der Waals surface area contributed by atoms with E-state index in [1.807, 2.05) is 0 Å². The number of rotatable bonds is 5. The number of likely N-dealkylation sites (tertiary alicyclic amines) is 1. The minimum absolute atomic E-state index is 0.151. The molecule has 112 valence electrons. The topological polar surface area (TPSA) is 83.9 Å². The summed E-state index contributed by atoms with van der Waals surface area (Å²) in [6.07, 6.45) is 2.30. The molecule has 1 aliphatic heterocycles. The Morgan fingerprint density at radius 1 is 1.10 bits per heavy atom. The number of carbonyl (C=O) groups excluding carboxylic acids is 2. The minimum atomic E-state index is -0.998. The highest BCUT2D eigenvalue weighted by atomic mass is 16.5. The Morgan fingerprint density at radius 3 is 2.19 bits per heavy atom. The van der Waals surface area contributed by atoms with Gasteiger partial charge in [-0.3, -0.25) is 14.5 Å². The van der Waals surface area contributed by atoms with Crippen molar-refractivity contribution >= 4 is 17.8 Å². The quantitative estimate of drug-likeness (QED) is 0.835. The Kier molecular flexibility index (Phi) is 4.92. The third-order valence-electron chi connectivity index (χ3n) is 3.32. The van der Waals surface area contributed by atoms with Gasteiger partial charge in [0.05, 0.1) is 12.1 Å². The number of benzene rings is 1. The monoisotopic (exact) mass is 291 g/mol. The van der Waals surface area contributed by atoms with Crippen LogP contribution in [0.3, 0.4) is 0 Å². The molecule has 2 amide bonds. The van der Waals surface area contributed by atoms with Gasteiger partial charge in [-0.25, -0.2) is 4.79 Å². The summed E-state index contributed by atoms with van der Waals surface area (Å²) in [4.78, 5) is 35.5. The van der Waals surface area contributed by atoms with Gasteiger partial charge >= 0.3 is 5.97 Å². The lowest BCUT2D eigenvalue weighted by atomic mass is 10.2. The molecule has 0 aromatic heterocycles. The van der Waals surface area contributed by atoms with Crippen LogP contribution in [0.4, 0.5) is 0 Å². The number of ether oxygens (including phenoxy) is 1. The second-order valence-electron chi connectivity index (χ2n) is 4.82. The number of nitrogens with zero attached hydrogens (tertiary/aromatic N) is 1. The number of carboxylic acids is 1. The maximum atomic E-state index is 11.8. The molecule has 6 nitrogen and oxygen atoms in total. The molecule has 1 aromatic carbocycles. The van der Waals surface area contributed by atoms with Gasteiger partial charge in [0.15, 0.2) is 0 Å². The van der Waals surface area contributed by atoms with E-state index in [0.717, 1.165) is 12.8 Å². The van der Waals surface area contributed by atoms with Crippen molar-refractivity contribution in [2.45, 2.75) is 25.7 Å². The first-order chi connectivity index (χ1) is 10.1. The highest BCUT2D eigenvalue weighted by Crippen LogP contribution is 2.14. The molecule has 1 aliphatic rings. The minimum Gasteiger partial charge on any atom is -0.492 e. The van der Waals surface area contributed by atoms with E-state index in [1.54, 1.807) is 12.1 Å². The highest BCUT2D eigenvalue weighted by molar-refractivity contribution is 5.96. The molecular formula is C15H17NO5. The Labute approximate surface area is 122 Å². The molecule has 0 atom stereocenters. The molecule has 1 N–H and O–H groups in total. The molecule has 1 heterocycles. The standard InChI is InChI=1S/C15H17NO5/c17-13-3-1-2-4-14(18)16(13)9-10-21-12-7-5-11(6-8-12)15(19)20/h5-8H,1-4,9-10H2,(H,19,20). The Balaban J connectivity index is 1.86. The van der Waals surface area contributed by atoms with Gasteiger partial charge in [0.2, 0.25) is 11.8 Å². The Morgan fingerprint density at radius 2 is 1.67 bits per heavy atom. The van der Waals surface area contributed by atoms with Crippen LogP contribution < -0.4 is 4.74 Å². The van der Waals surface area contributed by atoms with Crippen molar-refractivity contribution in [3.8, 4) is 5.75 Å². The number of hydrogen-bond acceptors (Lipinski definition) is 4. The lowest BCUT2D eigenvalue weighted by Gasteiger charge is -2.18. The Bertz CT molecular complexity index is 519.